The van der Waals surface area contributed by atoms with E-state index in [0.29, 0.717) is 17.4 Å². The predicted molar refractivity (Wildman–Crippen MR) is 107 cm³/mol. The predicted octanol–water partition coefficient (Wildman–Crippen LogP) is 5.39. The van der Waals surface area contributed by atoms with Crippen LogP contribution in [0.25, 0.3) is 17.3 Å². The van der Waals surface area contributed by atoms with E-state index in [-0.39, 0.29) is 11.7 Å². The quantitative estimate of drug-likeness (QED) is 0.558. The first-order valence-electron chi connectivity index (χ1n) is 8.58. The van der Waals surface area contributed by atoms with Crippen molar-refractivity contribution in [2.24, 2.45) is 0 Å². The summed E-state index contributed by atoms with van der Waals surface area (Å²) in [5.74, 6) is 0.174. The van der Waals surface area contributed by atoms with Crippen molar-refractivity contribution in [2.75, 3.05) is 11.9 Å². The molecule has 1 amide bonds. The van der Waals surface area contributed by atoms with Crippen LogP contribution in [0.2, 0.25) is 0 Å². The van der Waals surface area contributed by atoms with Crippen LogP contribution in [0.5, 0.6) is 5.75 Å². The number of anilines is 1. The molecular weight excluding hydrogens is 363 g/mol. The van der Waals surface area contributed by atoms with Crippen LogP contribution in [0.1, 0.15) is 18.9 Å². The molecule has 0 spiro atoms. The van der Waals surface area contributed by atoms with Gasteiger partial charge in [0.05, 0.1) is 12.3 Å². The minimum absolute atomic E-state index is 0.277. The van der Waals surface area contributed by atoms with E-state index < -0.39 is 0 Å². The monoisotopic (exact) mass is 382 g/mol. The highest BCUT2D eigenvalue weighted by atomic mass is 32.1. The zero-order chi connectivity index (χ0) is 19.1. The molecule has 1 heterocycles. The summed E-state index contributed by atoms with van der Waals surface area (Å²) < 4.78 is 18.7. The molecule has 4 nitrogen and oxygen atoms in total. The molecule has 0 aliphatic heterocycles. The van der Waals surface area contributed by atoms with Gasteiger partial charge in [0, 0.05) is 22.6 Å². The number of nitrogens with one attached hydrogen (secondary N) is 1. The zero-order valence-electron chi connectivity index (χ0n) is 14.8. The summed E-state index contributed by atoms with van der Waals surface area (Å²) in [6.45, 7) is 2.67. The molecule has 2 aromatic carbocycles. The minimum atomic E-state index is -0.296. The average molecular weight is 382 g/mol. The van der Waals surface area contributed by atoms with Gasteiger partial charge in [-0.05, 0) is 42.8 Å². The smallest absolute Gasteiger partial charge is 0.250 e. The highest BCUT2D eigenvalue weighted by Gasteiger charge is 2.07. The van der Waals surface area contributed by atoms with E-state index in [1.54, 1.807) is 18.2 Å². The fraction of sp³-hybridized carbons (Fsp3) is 0.143. The number of nitrogens with zero attached hydrogens (tertiary/aromatic N) is 1. The number of aromatic nitrogens is 1. The van der Waals surface area contributed by atoms with E-state index in [0.717, 1.165) is 23.3 Å². The highest BCUT2D eigenvalue weighted by molar-refractivity contribution is 7.14. The maximum atomic E-state index is 13.0. The lowest BCUT2D eigenvalue weighted by Gasteiger charge is -2.07. The van der Waals surface area contributed by atoms with E-state index in [4.69, 9.17) is 4.74 Å². The molecule has 0 saturated heterocycles. The maximum absolute atomic E-state index is 13.0. The molecule has 0 radical (unpaired) electrons. The van der Waals surface area contributed by atoms with Crippen LogP contribution in [0.4, 0.5) is 9.52 Å². The Kier molecular flexibility index (Phi) is 6.33. The van der Waals surface area contributed by atoms with E-state index in [9.17, 15) is 9.18 Å². The number of hydrogen-bond acceptors (Lipinski definition) is 4. The summed E-state index contributed by atoms with van der Waals surface area (Å²) in [6, 6.07) is 13.6. The fourth-order valence-electron chi connectivity index (χ4n) is 2.36. The zero-order valence-corrected chi connectivity index (χ0v) is 15.6. The van der Waals surface area contributed by atoms with Crippen LogP contribution in [-0.4, -0.2) is 17.5 Å². The van der Waals surface area contributed by atoms with Crippen LogP contribution in [0, 0.1) is 5.82 Å². The molecule has 0 saturated carbocycles. The average Bonchev–Trinajstić information content (AvgIpc) is 3.14. The Labute approximate surface area is 161 Å². The van der Waals surface area contributed by atoms with Crippen molar-refractivity contribution >= 4 is 28.5 Å². The standard InChI is InChI=1S/C21H19FN2O2S/c1-2-13-26-19-6-4-3-5-16(19)9-12-20(25)24-21-23-18(14-27-21)15-7-10-17(22)11-8-15/h3-12,14H,2,13H2,1H3,(H,23,24,25). The number of carbonyl (C=O) groups is 1. The van der Waals surface area contributed by atoms with Crippen LogP contribution in [0.3, 0.4) is 0 Å². The molecule has 0 bridgehead atoms. The summed E-state index contributed by atoms with van der Waals surface area (Å²) in [4.78, 5) is 16.5. The third kappa shape index (κ3) is 5.24. The van der Waals surface area contributed by atoms with Crippen LogP contribution in [0.15, 0.2) is 60.0 Å². The van der Waals surface area contributed by atoms with Gasteiger partial charge in [0.25, 0.3) is 0 Å². The molecular formula is C21H19FN2O2S. The SMILES string of the molecule is CCCOc1ccccc1C=CC(=O)Nc1nc(-c2ccc(F)cc2)cs1. The first-order valence-corrected chi connectivity index (χ1v) is 9.46. The number of ether oxygens (including phenoxy) is 1. The molecule has 0 aliphatic carbocycles. The Bertz CT molecular complexity index is 935. The van der Waals surface area contributed by atoms with Crippen molar-refractivity contribution in [3.63, 3.8) is 0 Å². The fourth-order valence-corrected chi connectivity index (χ4v) is 3.08. The molecule has 0 fully saturated rings. The Morgan fingerprint density at radius 1 is 1.22 bits per heavy atom. The van der Waals surface area contributed by atoms with Gasteiger partial charge in [-0.2, -0.15) is 0 Å². The van der Waals surface area contributed by atoms with Gasteiger partial charge in [0.15, 0.2) is 5.13 Å². The largest absolute Gasteiger partial charge is 0.493 e. The van der Waals surface area contributed by atoms with Crippen molar-refractivity contribution in [3.8, 4) is 17.0 Å². The third-order valence-electron chi connectivity index (χ3n) is 3.67. The van der Waals surface area contributed by atoms with Gasteiger partial charge in [-0.3, -0.25) is 10.1 Å². The molecule has 0 aliphatic rings. The molecule has 1 aromatic heterocycles. The molecule has 3 aromatic rings. The van der Waals surface area contributed by atoms with Gasteiger partial charge in [0.2, 0.25) is 5.91 Å². The summed E-state index contributed by atoms with van der Waals surface area (Å²) in [6.07, 6.45) is 4.08. The lowest BCUT2D eigenvalue weighted by Crippen LogP contribution is -2.07. The summed E-state index contributed by atoms with van der Waals surface area (Å²) in [5, 5.41) is 5.05. The first kappa shape index (κ1) is 18.8. The second-order valence-electron chi connectivity index (χ2n) is 5.75. The van der Waals surface area contributed by atoms with Gasteiger partial charge in [-0.15, -0.1) is 11.3 Å². The highest BCUT2D eigenvalue weighted by Crippen LogP contribution is 2.25. The number of carbonyl (C=O) groups excluding carboxylic acids is 1. The molecule has 0 unspecified atom stereocenters. The number of para-hydroxylation sites is 1. The van der Waals surface area contributed by atoms with Crippen molar-refractivity contribution in [1.29, 1.82) is 0 Å². The van der Waals surface area contributed by atoms with Crippen LogP contribution in [-0.2, 0) is 4.79 Å². The van der Waals surface area contributed by atoms with E-state index in [1.165, 1.54) is 29.5 Å². The van der Waals surface area contributed by atoms with Gasteiger partial charge < -0.3 is 4.74 Å². The molecule has 3 rings (SSSR count). The first-order chi connectivity index (χ1) is 13.2. The van der Waals surface area contributed by atoms with E-state index >= 15 is 0 Å². The van der Waals surface area contributed by atoms with Crippen LogP contribution < -0.4 is 10.1 Å². The Balaban J connectivity index is 1.65. The lowest BCUT2D eigenvalue weighted by molar-refractivity contribution is -0.111. The van der Waals surface area contributed by atoms with Gasteiger partial charge in [0.1, 0.15) is 11.6 Å². The molecule has 6 heteroatoms. The number of amides is 1. The normalized spacial score (nSPS) is 10.9. The van der Waals surface area contributed by atoms with Gasteiger partial charge >= 0.3 is 0 Å². The number of rotatable bonds is 7. The van der Waals surface area contributed by atoms with Crippen molar-refractivity contribution < 1.29 is 13.9 Å². The number of hydrogen-bond donors (Lipinski definition) is 1. The minimum Gasteiger partial charge on any atom is -0.493 e. The maximum Gasteiger partial charge on any atom is 0.250 e. The molecule has 0 atom stereocenters. The second kappa shape index (κ2) is 9.09. The van der Waals surface area contributed by atoms with E-state index in [2.05, 4.69) is 10.3 Å². The topological polar surface area (TPSA) is 51.2 Å². The number of halogens is 1. The molecule has 138 valence electrons. The lowest BCUT2D eigenvalue weighted by atomic mass is 10.2. The Hall–Kier alpha value is -2.99. The Morgan fingerprint density at radius 2 is 2.00 bits per heavy atom. The Morgan fingerprint density at radius 3 is 2.78 bits per heavy atom. The second-order valence-corrected chi connectivity index (χ2v) is 6.61. The molecule has 27 heavy (non-hydrogen) atoms. The number of benzene rings is 2. The number of thiazole rings is 1. The summed E-state index contributed by atoms with van der Waals surface area (Å²) >= 11 is 1.32. The van der Waals surface area contributed by atoms with Crippen LogP contribution >= 0.6 is 11.3 Å². The van der Waals surface area contributed by atoms with Crippen molar-refractivity contribution in [3.05, 3.63) is 71.4 Å². The van der Waals surface area contributed by atoms with E-state index in [1.807, 2.05) is 36.6 Å². The molecule has 1 N–H and O–H groups in total. The summed E-state index contributed by atoms with van der Waals surface area (Å²) in [7, 11) is 0. The van der Waals surface area contributed by atoms with Crippen molar-refractivity contribution in [2.45, 2.75) is 13.3 Å². The van der Waals surface area contributed by atoms with Crippen molar-refractivity contribution in [1.82, 2.24) is 4.98 Å². The summed E-state index contributed by atoms with van der Waals surface area (Å²) in [5.41, 5.74) is 2.33. The van der Waals surface area contributed by atoms with Gasteiger partial charge in [-0.1, -0.05) is 25.1 Å². The van der Waals surface area contributed by atoms with Gasteiger partial charge in [-0.25, -0.2) is 9.37 Å². The third-order valence-corrected chi connectivity index (χ3v) is 4.43.